The van der Waals surface area contributed by atoms with Gasteiger partial charge in [-0.2, -0.15) is 0 Å². The summed E-state index contributed by atoms with van der Waals surface area (Å²) in [6.07, 6.45) is 1.30. The van der Waals surface area contributed by atoms with Crippen LogP contribution in [0.25, 0.3) is 0 Å². The Morgan fingerprint density at radius 2 is 2.14 bits per heavy atom. The summed E-state index contributed by atoms with van der Waals surface area (Å²) in [6, 6.07) is 0.0575. The smallest absolute Gasteiger partial charge is 0.322 e. The number of amides is 2. The maximum Gasteiger partial charge on any atom is 0.322 e. The van der Waals surface area contributed by atoms with E-state index in [9.17, 15) is 9.90 Å². The molecule has 5 heteroatoms. The number of hydrogen-bond acceptors (Lipinski definition) is 3. The van der Waals surface area contributed by atoms with Crippen molar-refractivity contribution in [2.24, 2.45) is 0 Å². The Bertz CT molecular complexity index is 246. The molecule has 1 aliphatic heterocycles. The molecule has 0 radical (unpaired) electrons. The Morgan fingerprint density at radius 3 is 2.57 bits per heavy atom. The van der Waals surface area contributed by atoms with Gasteiger partial charge in [-0.1, -0.05) is 0 Å². The first kappa shape index (κ1) is 9.73. The lowest BCUT2D eigenvalue weighted by molar-refractivity contribution is -0.0636. The van der Waals surface area contributed by atoms with Gasteiger partial charge in [0.05, 0.1) is 5.60 Å². The Kier molecular flexibility index (Phi) is 2.16. The number of aliphatic hydroxyl groups is 2. The van der Waals surface area contributed by atoms with Gasteiger partial charge in [-0.3, -0.25) is 4.90 Å². The summed E-state index contributed by atoms with van der Waals surface area (Å²) in [5.41, 5.74) is -0.600. The molecule has 2 N–H and O–H groups in total. The molecule has 2 amide bonds. The first-order valence-corrected chi connectivity index (χ1v) is 4.92. The number of carbonyl (C=O) groups excluding carboxylic acids is 1. The molecule has 0 aromatic rings. The van der Waals surface area contributed by atoms with Crippen molar-refractivity contribution >= 4 is 6.03 Å². The molecular weight excluding hydrogens is 184 g/mol. The van der Waals surface area contributed by atoms with E-state index >= 15 is 0 Å². The van der Waals surface area contributed by atoms with Crippen molar-refractivity contribution in [1.29, 1.82) is 0 Å². The van der Waals surface area contributed by atoms with Gasteiger partial charge in [0, 0.05) is 19.1 Å². The molecule has 0 spiro atoms. The first-order chi connectivity index (χ1) is 6.53. The van der Waals surface area contributed by atoms with E-state index in [-0.39, 0.29) is 18.8 Å². The van der Waals surface area contributed by atoms with Gasteiger partial charge in [-0.25, -0.2) is 4.79 Å². The lowest BCUT2D eigenvalue weighted by Crippen LogP contribution is -2.54. The Hall–Kier alpha value is -0.810. The van der Waals surface area contributed by atoms with Gasteiger partial charge in [0.2, 0.25) is 0 Å². The first-order valence-electron chi connectivity index (χ1n) is 4.92. The minimum atomic E-state index is -0.600. The van der Waals surface area contributed by atoms with Crippen molar-refractivity contribution < 1.29 is 15.0 Å². The lowest BCUT2D eigenvalue weighted by Gasteiger charge is -2.45. The van der Waals surface area contributed by atoms with Crippen LogP contribution < -0.4 is 0 Å². The molecule has 2 rings (SSSR count). The van der Waals surface area contributed by atoms with Crippen LogP contribution in [0.15, 0.2) is 0 Å². The molecule has 2 aliphatic rings. The Labute approximate surface area is 82.9 Å². The van der Waals surface area contributed by atoms with Gasteiger partial charge in [0.15, 0.2) is 0 Å². The molecule has 1 saturated heterocycles. The quantitative estimate of drug-likeness (QED) is 0.636. The number of hydrogen-bond donors (Lipinski definition) is 2. The van der Waals surface area contributed by atoms with Gasteiger partial charge in [-0.15, -0.1) is 0 Å². The predicted molar refractivity (Wildman–Crippen MR) is 49.5 cm³/mol. The normalized spacial score (nSPS) is 37.6. The zero-order valence-electron chi connectivity index (χ0n) is 8.31. The van der Waals surface area contributed by atoms with Crippen LogP contribution in [-0.4, -0.2) is 57.5 Å². The fourth-order valence-electron chi connectivity index (χ4n) is 2.25. The number of urea groups is 1. The van der Waals surface area contributed by atoms with E-state index in [4.69, 9.17) is 5.11 Å². The van der Waals surface area contributed by atoms with Crippen LogP contribution in [0.5, 0.6) is 0 Å². The number of aliphatic hydroxyl groups excluding tert-OH is 1. The Balaban J connectivity index is 1.92. The van der Waals surface area contributed by atoms with Crippen molar-refractivity contribution in [2.75, 3.05) is 19.8 Å². The SMILES string of the molecule is CC1(O)CC(N2CCN(CO)C2=O)C1. The summed E-state index contributed by atoms with van der Waals surface area (Å²) in [5.74, 6) is 0. The van der Waals surface area contributed by atoms with Crippen LogP contribution in [0, 0.1) is 0 Å². The van der Waals surface area contributed by atoms with Crippen LogP contribution >= 0.6 is 0 Å². The second-order valence-corrected chi connectivity index (χ2v) is 4.44. The Morgan fingerprint density at radius 1 is 1.50 bits per heavy atom. The van der Waals surface area contributed by atoms with Crippen molar-refractivity contribution in [3.63, 3.8) is 0 Å². The highest BCUT2D eigenvalue weighted by Gasteiger charge is 2.45. The second-order valence-electron chi connectivity index (χ2n) is 4.44. The summed E-state index contributed by atoms with van der Waals surface area (Å²) in [5, 5.41) is 18.4. The molecule has 0 atom stereocenters. The molecule has 0 bridgehead atoms. The monoisotopic (exact) mass is 200 g/mol. The lowest BCUT2D eigenvalue weighted by atomic mass is 9.76. The largest absolute Gasteiger partial charge is 0.390 e. The van der Waals surface area contributed by atoms with Crippen molar-refractivity contribution in [2.45, 2.75) is 31.4 Å². The van der Waals surface area contributed by atoms with E-state index in [0.29, 0.717) is 25.9 Å². The molecule has 0 aromatic carbocycles. The fraction of sp³-hybridized carbons (Fsp3) is 0.889. The molecule has 1 saturated carbocycles. The minimum Gasteiger partial charge on any atom is -0.390 e. The molecule has 1 aliphatic carbocycles. The van der Waals surface area contributed by atoms with Gasteiger partial charge in [0.25, 0.3) is 0 Å². The predicted octanol–water partition coefficient (Wildman–Crippen LogP) is -0.413. The highest BCUT2D eigenvalue weighted by molar-refractivity contribution is 5.76. The summed E-state index contributed by atoms with van der Waals surface area (Å²) in [6.45, 7) is 2.83. The zero-order chi connectivity index (χ0) is 10.3. The average molecular weight is 200 g/mol. The summed E-state index contributed by atoms with van der Waals surface area (Å²) >= 11 is 0. The zero-order valence-corrected chi connectivity index (χ0v) is 8.31. The van der Waals surface area contributed by atoms with Gasteiger partial charge in [-0.05, 0) is 19.8 Å². The molecule has 0 unspecified atom stereocenters. The molecular formula is C9H16N2O3. The summed E-state index contributed by atoms with van der Waals surface area (Å²) in [4.78, 5) is 14.7. The van der Waals surface area contributed by atoms with Crippen LogP contribution in [0.4, 0.5) is 4.79 Å². The third-order valence-electron chi connectivity index (χ3n) is 3.09. The highest BCUT2D eigenvalue weighted by atomic mass is 16.3. The number of nitrogens with zero attached hydrogens (tertiary/aromatic N) is 2. The molecule has 5 nitrogen and oxygen atoms in total. The van der Waals surface area contributed by atoms with E-state index in [0.717, 1.165) is 0 Å². The van der Waals surface area contributed by atoms with E-state index < -0.39 is 5.60 Å². The van der Waals surface area contributed by atoms with Crippen molar-refractivity contribution in [1.82, 2.24) is 9.80 Å². The molecule has 14 heavy (non-hydrogen) atoms. The topological polar surface area (TPSA) is 64.0 Å². The molecule has 80 valence electrons. The van der Waals surface area contributed by atoms with Crippen molar-refractivity contribution in [3.8, 4) is 0 Å². The minimum absolute atomic E-state index is 0.104. The summed E-state index contributed by atoms with van der Waals surface area (Å²) < 4.78 is 0. The highest BCUT2D eigenvalue weighted by Crippen LogP contribution is 2.36. The van der Waals surface area contributed by atoms with E-state index in [1.807, 2.05) is 0 Å². The standard InChI is InChI=1S/C9H16N2O3/c1-9(14)4-7(5-9)11-3-2-10(6-12)8(11)13/h7,12,14H,2-6H2,1H3. The number of rotatable bonds is 2. The van der Waals surface area contributed by atoms with Crippen LogP contribution in [0.1, 0.15) is 19.8 Å². The van der Waals surface area contributed by atoms with Crippen LogP contribution in [-0.2, 0) is 0 Å². The van der Waals surface area contributed by atoms with E-state index in [1.54, 1.807) is 11.8 Å². The third-order valence-corrected chi connectivity index (χ3v) is 3.09. The third kappa shape index (κ3) is 1.46. The van der Waals surface area contributed by atoms with Gasteiger partial charge >= 0.3 is 6.03 Å². The van der Waals surface area contributed by atoms with Crippen molar-refractivity contribution in [3.05, 3.63) is 0 Å². The average Bonchev–Trinajstić information content (AvgIpc) is 2.42. The van der Waals surface area contributed by atoms with E-state index in [2.05, 4.69) is 0 Å². The van der Waals surface area contributed by atoms with Gasteiger partial charge < -0.3 is 15.1 Å². The second kappa shape index (κ2) is 3.10. The van der Waals surface area contributed by atoms with E-state index in [1.165, 1.54) is 4.90 Å². The summed E-state index contributed by atoms with van der Waals surface area (Å²) in [7, 11) is 0. The van der Waals surface area contributed by atoms with Crippen LogP contribution in [0.2, 0.25) is 0 Å². The van der Waals surface area contributed by atoms with Crippen LogP contribution in [0.3, 0.4) is 0 Å². The fourth-order valence-corrected chi connectivity index (χ4v) is 2.25. The maximum absolute atomic E-state index is 11.6. The molecule has 1 heterocycles. The molecule has 2 fully saturated rings. The number of carbonyl (C=O) groups is 1. The van der Waals surface area contributed by atoms with Gasteiger partial charge in [0.1, 0.15) is 6.73 Å². The maximum atomic E-state index is 11.6. The molecule has 0 aromatic heterocycles.